The first-order valence-corrected chi connectivity index (χ1v) is 8.70. The molecule has 1 atom stereocenters. The van der Waals surface area contributed by atoms with E-state index in [4.69, 9.17) is 15.6 Å². The van der Waals surface area contributed by atoms with Crippen molar-refractivity contribution >= 4 is 17.3 Å². The molecule has 2 rings (SSSR count). The number of amides is 1. The molecule has 0 aliphatic carbocycles. The summed E-state index contributed by atoms with van der Waals surface area (Å²) in [6, 6.07) is 14.0. The van der Waals surface area contributed by atoms with Crippen LogP contribution in [-0.2, 0) is 4.79 Å². The Bertz CT molecular complexity index is 785. The van der Waals surface area contributed by atoms with Crippen molar-refractivity contribution in [3.05, 3.63) is 66.2 Å². The quantitative estimate of drug-likeness (QED) is 0.422. The lowest BCUT2D eigenvalue weighted by molar-refractivity contribution is -0.112. The Balaban J connectivity index is 2.02. The van der Waals surface area contributed by atoms with Crippen molar-refractivity contribution < 1.29 is 19.7 Å². The van der Waals surface area contributed by atoms with Crippen LogP contribution in [0.3, 0.4) is 0 Å². The van der Waals surface area contributed by atoms with Crippen LogP contribution in [0.2, 0.25) is 0 Å². The monoisotopic (exact) mass is 370 g/mol. The standard InChI is InChI=1S/C21H26N2O4/c1-21(2,12-11-19(25)23-18-6-4-3-5-17(18)22)20(26)15-7-9-16(10-8-15)27-14-13-24/h3-12,20,24,26H,13-14,22H2,1-2H3,(H,23,25)/b12-11+/t20-/m1/s1. The first kappa shape index (κ1) is 20.5. The van der Waals surface area contributed by atoms with E-state index in [1.807, 2.05) is 13.8 Å². The summed E-state index contributed by atoms with van der Waals surface area (Å²) in [7, 11) is 0. The molecule has 6 heteroatoms. The summed E-state index contributed by atoms with van der Waals surface area (Å²) in [5.74, 6) is 0.300. The highest BCUT2D eigenvalue weighted by atomic mass is 16.5. The minimum Gasteiger partial charge on any atom is -0.491 e. The molecular weight excluding hydrogens is 344 g/mol. The lowest BCUT2D eigenvalue weighted by Crippen LogP contribution is -2.20. The van der Waals surface area contributed by atoms with Crippen LogP contribution in [0.5, 0.6) is 5.75 Å². The van der Waals surface area contributed by atoms with Crippen LogP contribution in [0, 0.1) is 5.41 Å². The van der Waals surface area contributed by atoms with Crippen LogP contribution in [0.1, 0.15) is 25.5 Å². The maximum atomic E-state index is 12.1. The molecule has 0 aliphatic rings. The predicted octanol–water partition coefficient (Wildman–Crippen LogP) is 2.89. The van der Waals surface area contributed by atoms with Gasteiger partial charge in [-0.2, -0.15) is 0 Å². The number of nitrogens with one attached hydrogen (secondary N) is 1. The van der Waals surface area contributed by atoms with Gasteiger partial charge >= 0.3 is 0 Å². The van der Waals surface area contributed by atoms with Crippen molar-refractivity contribution in [3.63, 3.8) is 0 Å². The predicted molar refractivity (Wildman–Crippen MR) is 106 cm³/mol. The minimum atomic E-state index is -0.810. The van der Waals surface area contributed by atoms with E-state index in [0.29, 0.717) is 22.7 Å². The number of aliphatic hydroxyl groups excluding tert-OH is 2. The number of hydrogen-bond donors (Lipinski definition) is 4. The van der Waals surface area contributed by atoms with Crippen LogP contribution in [-0.4, -0.2) is 29.3 Å². The Labute approximate surface area is 159 Å². The summed E-state index contributed by atoms with van der Waals surface area (Å²) in [5, 5.41) is 22.2. The zero-order chi connectivity index (χ0) is 19.9. The molecule has 0 radical (unpaired) electrons. The summed E-state index contributed by atoms with van der Waals surface area (Å²) in [6.07, 6.45) is 2.26. The molecule has 0 spiro atoms. The van der Waals surface area contributed by atoms with Gasteiger partial charge in [-0.05, 0) is 35.9 Å². The highest BCUT2D eigenvalue weighted by Gasteiger charge is 2.26. The summed E-state index contributed by atoms with van der Waals surface area (Å²) in [5.41, 5.74) is 6.88. The van der Waals surface area contributed by atoms with Gasteiger partial charge in [-0.15, -0.1) is 0 Å². The Hall–Kier alpha value is -2.83. The van der Waals surface area contributed by atoms with E-state index in [1.165, 1.54) is 6.08 Å². The first-order chi connectivity index (χ1) is 12.8. The molecule has 0 saturated carbocycles. The molecule has 27 heavy (non-hydrogen) atoms. The average molecular weight is 370 g/mol. The molecule has 0 unspecified atom stereocenters. The first-order valence-electron chi connectivity index (χ1n) is 8.70. The number of anilines is 2. The highest BCUT2D eigenvalue weighted by molar-refractivity contribution is 6.01. The number of aliphatic hydroxyl groups is 2. The van der Waals surface area contributed by atoms with Gasteiger partial charge in [0.25, 0.3) is 0 Å². The number of carbonyl (C=O) groups is 1. The third kappa shape index (κ3) is 5.84. The third-order valence-corrected chi connectivity index (χ3v) is 4.14. The van der Waals surface area contributed by atoms with E-state index >= 15 is 0 Å². The van der Waals surface area contributed by atoms with Crippen molar-refractivity contribution in [2.75, 3.05) is 24.3 Å². The van der Waals surface area contributed by atoms with E-state index in [2.05, 4.69) is 5.32 Å². The topological polar surface area (TPSA) is 105 Å². The summed E-state index contributed by atoms with van der Waals surface area (Å²) in [4.78, 5) is 12.1. The van der Waals surface area contributed by atoms with Gasteiger partial charge in [0.15, 0.2) is 0 Å². The Morgan fingerprint density at radius 2 is 1.89 bits per heavy atom. The maximum absolute atomic E-state index is 12.1. The van der Waals surface area contributed by atoms with Gasteiger partial charge in [-0.3, -0.25) is 4.79 Å². The number of ether oxygens (including phenoxy) is 1. The molecule has 2 aromatic carbocycles. The molecule has 2 aromatic rings. The van der Waals surface area contributed by atoms with Gasteiger partial charge in [0, 0.05) is 5.41 Å². The molecule has 0 saturated heterocycles. The third-order valence-electron chi connectivity index (χ3n) is 4.14. The number of carbonyl (C=O) groups excluding carboxylic acids is 1. The molecule has 1 amide bonds. The Kier molecular flexibility index (Phi) is 6.98. The summed E-state index contributed by atoms with van der Waals surface area (Å²) < 4.78 is 5.31. The van der Waals surface area contributed by atoms with Gasteiger partial charge in [0.1, 0.15) is 12.4 Å². The van der Waals surface area contributed by atoms with Gasteiger partial charge in [-0.1, -0.05) is 44.2 Å². The molecule has 6 nitrogen and oxygen atoms in total. The second-order valence-electron chi connectivity index (χ2n) is 6.77. The Morgan fingerprint density at radius 3 is 2.52 bits per heavy atom. The fourth-order valence-corrected chi connectivity index (χ4v) is 2.51. The molecule has 0 heterocycles. The van der Waals surface area contributed by atoms with Crippen molar-refractivity contribution in [1.29, 1.82) is 0 Å². The molecule has 0 aromatic heterocycles. The fourth-order valence-electron chi connectivity index (χ4n) is 2.51. The number of para-hydroxylation sites is 2. The zero-order valence-corrected chi connectivity index (χ0v) is 15.6. The number of benzene rings is 2. The second kappa shape index (κ2) is 9.21. The van der Waals surface area contributed by atoms with E-state index < -0.39 is 11.5 Å². The van der Waals surface area contributed by atoms with Crippen LogP contribution >= 0.6 is 0 Å². The van der Waals surface area contributed by atoms with Crippen LogP contribution in [0.4, 0.5) is 11.4 Å². The van der Waals surface area contributed by atoms with Crippen molar-refractivity contribution in [1.82, 2.24) is 0 Å². The van der Waals surface area contributed by atoms with Gasteiger partial charge in [-0.25, -0.2) is 0 Å². The SMILES string of the molecule is CC(C)(/C=C/C(=O)Nc1ccccc1N)[C@H](O)c1ccc(OCCO)cc1. The molecule has 144 valence electrons. The van der Waals surface area contributed by atoms with E-state index in [-0.39, 0.29) is 19.1 Å². The Morgan fingerprint density at radius 1 is 1.22 bits per heavy atom. The van der Waals surface area contributed by atoms with Crippen LogP contribution in [0.25, 0.3) is 0 Å². The lowest BCUT2D eigenvalue weighted by Gasteiger charge is -2.27. The summed E-state index contributed by atoms with van der Waals surface area (Å²) >= 11 is 0. The maximum Gasteiger partial charge on any atom is 0.248 e. The minimum absolute atomic E-state index is 0.0566. The van der Waals surface area contributed by atoms with Gasteiger partial charge in [0.05, 0.1) is 24.1 Å². The lowest BCUT2D eigenvalue weighted by atomic mass is 9.82. The average Bonchev–Trinajstić information content (AvgIpc) is 2.66. The van der Waals surface area contributed by atoms with Crippen molar-refractivity contribution in [2.45, 2.75) is 20.0 Å². The molecule has 0 fully saturated rings. The van der Waals surface area contributed by atoms with E-state index in [0.717, 1.165) is 0 Å². The molecular formula is C21H26N2O4. The number of nitrogens with two attached hydrogens (primary N) is 1. The number of hydrogen-bond acceptors (Lipinski definition) is 5. The van der Waals surface area contributed by atoms with Crippen molar-refractivity contribution in [2.24, 2.45) is 5.41 Å². The van der Waals surface area contributed by atoms with E-state index in [9.17, 15) is 9.90 Å². The van der Waals surface area contributed by atoms with E-state index in [1.54, 1.807) is 54.6 Å². The van der Waals surface area contributed by atoms with Crippen LogP contribution < -0.4 is 15.8 Å². The van der Waals surface area contributed by atoms with Gasteiger partial charge in [0.2, 0.25) is 5.91 Å². The fraction of sp³-hybridized carbons (Fsp3) is 0.286. The summed E-state index contributed by atoms with van der Waals surface area (Å²) in [6.45, 7) is 3.85. The molecule has 0 bridgehead atoms. The highest BCUT2D eigenvalue weighted by Crippen LogP contribution is 2.35. The smallest absolute Gasteiger partial charge is 0.248 e. The van der Waals surface area contributed by atoms with Crippen molar-refractivity contribution in [3.8, 4) is 5.75 Å². The molecule has 5 N–H and O–H groups in total. The van der Waals surface area contributed by atoms with Gasteiger partial charge < -0.3 is 26.0 Å². The molecule has 0 aliphatic heterocycles. The largest absolute Gasteiger partial charge is 0.491 e. The second-order valence-corrected chi connectivity index (χ2v) is 6.77. The number of nitrogen functional groups attached to an aromatic ring is 1. The zero-order valence-electron chi connectivity index (χ0n) is 15.6. The number of rotatable bonds is 8. The normalized spacial score (nSPS) is 12.7. The van der Waals surface area contributed by atoms with Crippen LogP contribution in [0.15, 0.2) is 60.7 Å².